The van der Waals surface area contributed by atoms with E-state index in [0.717, 1.165) is 16.7 Å². The monoisotopic (exact) mass is 463 g/mol. The van der Waals surface area contributed by atoms with Crippen LogP contribution in [0.3, 0.4) is 0 Å². The van der Waals surface area contributed by atoms with Crippen LogP contribution < -0.4 is 10.1 Å². The summed E-state index contributed by atoms with van der Waals surface area (Å²) in [6.07, 6.45) is 1.78. The van der Waals surface area contributed by atoms with Crippen LogP contribution in [0.2, 0.25) is 0 Å². The molecule has 0 aliphatic carbocycles. The molecule has 0 spiro atoms. The smallest absolute Gasteiger partial charge is 0.475 e. The van der Waals surface area contributed by atoms with Gasteiger partial charge in [-0.05, 0) is 55.2 Å². The standard InChI is InChI=1S/C25H30BN3O5/c1-17-8-9-20(18(2)12-17)15-23(26(32)33)28-24(30)10-11-34-22-7-5-6-19(14-22)13-21(16-27)25(31)29(3)4/h5-9,12-14,23,32-33H,10-11,15H2,1-4H3,(H,28,30)/t23-/m0/s1. The largest absolute Gasteiger partial charge is 0.493 e. The summed E-state index contributed by atoms with van der Waals surface area (Å²) in [6.45, 7) is 3.99. The van der Waals surface area contributed by atoms with Gasteiger partial charge in [0, 0.05) is 14.1 Å². The molecule has 3 N–H and O–H groups in total. The van der Waals surface area contributed by atoms with Crippen molar-refractivity contribution >= 4 is 25.0 Å². The minimum Gasteiger partial charge on any atom is -0.493 e. The summed E-state index contributed by atoms with van der Waals surface area (Å²) in [6, 6.07) is 14.6. The van der Waals surface area contributed by atoms with Crippen LogP contribution in [0.1, 0.15) is 28.7 Å². The van der Waals surface area contributed by atoms with Gasteiger partial charge in [0.25, 0.3) is 5.91 Å². The number of nitrogens with zero attached hydrogens (tertiary/aromatic N) is 2. The van der Waals surface area contributed by atoms with E-state index >= 15 is 0 Å². The number of carbonyl (C=O) groups is 2. The zero-order valence-electron chi connectivity index (χ0n) is 19.9. The number of hydrogen-bond donors (Lipinski definition) is 3. The average molecular weight is 463 g/mol. The third kappa shape index (κ3) is 8.07. The highest BCUT2D eigenvalue weighted by molar-refractivity contribution is 6.43. The minimum absolute atomic E-state index is 0.000978. The first-order valence-corrected chi connectivity index (χ1v) is 10.9. The first-order valence-electron chi connectivity index (χ1n) is 10.9. The highest BCUT2D eigenvalue weighted by Crippen LogP contribution is 2.17. The van der Waals surface area contributed by atoms with Crippen LogP contribution >= 0.6 is 0 Å². The quantitative estimate of drug-likeness (QED) is 0.281. The van der Waals surface area contributed by atoms with Crippen molar-refractivity contribution in [2.75, 3.05) is 20.7 Å². The first kappa shape index (κ1) is 26.6. The third-order valence-corrected chi connectivity index (χ3v) is 5.17. The molecule has 0 saturated heterocycles. The van der Waals surface area contributed by atoms with Crippen molar-refractivity contribution in [1.29, 1.82) is 5.26 Å². The number of amides is 2. The van der Waals surface area contributed by atoms with Crippen LogP contribution in [0.15, 0.2) is 48.0 Å². The Morgan fingerprint density at radius 3 is 2.56 bits per heavy atom. The molecule has 0 radical (unpaired) electrons. The Balaban J connectivity index is 1.94. The van der Waals surface area contributed by atoms with E-state index in [-0.39, 0.29) is 30.9 Å². The van der Waals surface area contributed by atoms with Gasteiger partial charge in [-0.15, -0.1) is 0 Å². The molecule has 34 heavy (non-hydrogen) atoms. The number of nitrogens with one attached hydrogen (secondary N) is 1. The predicted molar refractivity (Wildman–Crippen MR) is 131 cm³/mol. The molecule has 0 fully saturated rings. The third-order valence-electron chi connectivity index (χ3n) is 5.17. The van der Waals surface area contributed by atoms with Gasteiger partial charge in [-0.3, -0.25) is 9.59 Å². The Morgan fingerprint density at radius 1 is 1.21 bits per heavy atom. The summed E-state index contributed by atoms with van der Waals surface area (Å²) in [7, 11) is 1.44. The maximum atomic E-state index is 12.4. The van der Waals surface area contributed by atoms with E-state index < -0.39 is 19.0 Å². The van der Waals surface area contributed by atoms with Gasteiger partial charge in [0.2, 0.25) is 5.91 Å². The lowest BCUT2D eigenvalue weighted by Gasteiger charge is -2.19. The fourth-order valence-corrected chi connectivity index (χ4v) is 3.33. The molecule has 8 nitrogen and oxygen atoms in total. The van der Waals surface area contributed by atoms with Gasteiger partial charge >= 0.3 is 7.12 Å². The SMILES string of the molecule is Cc1ccc(C[C@H](NC(=O)CCOc2cccc(C=C(C#N)C(=O)N(C)C)c2)B(O)O)c(C)c1. The maximum Gasteiger partial charge on any atom is 0.475 e. The molecular weight excluding hydrogens is 433 g/mol. The molecule has 0 saturated carbocycles. The van der Waals surface area contributed by atoms with Crippen molar-refractivity contribution < 1.29 is 24.4 Å². The number of aryl methyl sites for hydroxylation is 2. The lowest BCUT2D eigenvalue weighted by molar-refractivity contribution is -0.124. The van der Waals surface area contributed by atoms with Gasteiger partial charge in [-0.1, -0.05) is 35.9 Å². The van der Waals surface area contributed by atoms with Gasteiger partial charge in [-0.2, -0.15) is 5.26 Å². The van der Waals surface area contributed by atoms with Crippen molar-refractivity contribution in [3.05, 3.63) is 70.3 Å². The second-order valence-electron chi connectivity index (χ2n) is 8.26. The number of nitriles is 1. The van der Waals surface area contributed by atoms with E-state index in [0.29, 0.717) is 11.3 Å². The van der Waals surface area contributed by atoms with Crippen LogP contribution in [-0.2, 0) is 16.0 Å². The van der Waals surface area contributed by atoms with E-state index in [4.69, 9.17) is 4.74 Å². The lowest BCUT2D eigenvalue weighted by atomic mass is 9.75. The van der Waals surface area contributed by atoms with Gasteiger partial charge in [0.15, 0.2) is 0 Å². The number of hydrogen-bond acceptors (Lipinski definition) is 6. The Kier molecular flexibility index (Phi) is 9.86. The number of rotatable bonds is 10. The normalized spacial score (nSPS) is 11.9. The zero-order valence-corrected chi connectivity index (χ0v) is 19.9. The summed E-state index contributed by atoms with van der Waals surface area (Å²) < 4.78 is 5.64. The van der Waals surface area contributed by atoms with E-state index in [1.165, 1.54) is 11.0 Å². The number of likely N-dealkylation sites (N-methyl/N-ethyl adjacent to an activating group) is 1. The Hall–Kier alpha value is -3.61. The molecule has 2 amide bonds. The van der Waals surface area contributed by atoms with E-state index in [2.05, 4.69) is 5.32 Å². The predicted octanol–water partition coefficient (Wildman–Crippen LogP) is 1.81. The number of ether oxygens (including phenoxy) is 1. The van der Waals surface area contributed by atoms with Crippen LogP contribution in [0.25, 0.3) is 6.08 Å². The van der Waals surface area contributed by atoms with E-state index in [1.807, 2.05) is 38.1 Å². The topological polar surface area (TPSA) is 123 Å². The number of carbonyl (C=O) groups excluding carboxylic acids is 2. The van der Waals surface area contributed by atoms with E-state index in [9.17, 15) is 24.9 Å². The van der Waals surface area contributed by atoms with Crippen molar-refractivity contribution in [2.24, 2.45) is 0 Å². The van der Waals surface area contributed by atoms with Crippen LogP contribution in [-0.4, -0.2) is 60.5 Å². The molecule has 178 valence electrons. The molecular formula is C25H30BN3O5. The van der Waals surface area contributed by atoms with E-state index in [1.54, 1.807) is 38.4 Å². The summed E-state index contributed by atoms with van der Waals surface area (Å²) >= 11 is 0. The summed E-state index contributed by atoms with van der Waals surface area (Å²) in [5.74, 6) is -1.14. The Labute approximate surface area is 200 Å². The first-order chi connectivity index (χ1) is 16.1. The van der Waals surface area contributed by atoms with Crippen molar-refractivity contribution in [3.63, 3.8) is 0 Å². The highest BCUT2D eigenvalue weighted by Gasteiger charge is 2.26. The second-order valence-corrected chi connectivity index (χ2v) is 8.26. The molecule has 2 aromatic carbocycles. The van der Waals surface area contributed by atoms with Gasteiger partial charge < -0.3 is 25.0 Å². The molecule has 0 aromatic heterocycles. The molecule has 2 rings (SSSR count). The van der Waals surface area contributed by atoms with Crippen molar-refractivity contribution in [3.8, 4) is 11.8 Å². The van der Waals surface area contributed by atoms with Crippen LogP contribution in [0, 0.1) is 25.2 Å². The molecule has 1 atom stereocenters. The maximum absolute atomic E-state index is 12.4. The van der Waals surface area contributed by atoms with Gasteiger partial charge in [-0.25, -0.2) is 0 Å². The molecule has 0 aliphatic rings. The van der Waals surface area contributed by atoms with Crippen molar-refractivity contribution in [2.45, 2.75) is 32.6 Å². The lowest BCUT2D eigenvalue weighted by Crippen LogP contribution is -2.48. The van der Waals surface area contributed by atoms with Crippen LogP contribution in [0.4, 0.5) is 0 Å². The molecule has 0 unspecified atom stereocenters. The average Bonchev–Trinajstić information content (AvgIpc) is 2.78. The fraction of sp³-hybridized carbons (Fsp3) is 0.320. The summed E-state index contributed by atoms with van der Waals surface area (Å²) in [5.41, 5.74) is 3.67. The zero-order chi connectivity index (χ0) is 25.3. The molecule has 2 aromatic rings. The van der Waals surface area contributed by atoms with Gasteiger partial charge in [0.1, 0.15) is 17.4 Å². The van der Waals surface area contributed by atoms with Gasteiger partial charge in [0.05, 0.1) is 19.0 Å². The fourth-order valence-electron chi connectivity index (χ4n) is 3.33. The Morgan fingerprint density at radius 2 is 1.94 bits per heavy atom. The van der Waals surface area contributed by atoms with Crippen molar-refractivity contribution in [1.82, 2.24) is 10.2 Å². The highest BCUT2D eigenvalue weighted by atomic mass is 16.5. The summed E-state index contributed by atoms with van der Waals surface area (Å²) in [5, 5.41) is 31.3. The van der Waals surface area contributed by atoms with Crippen LogP contribution in [0.5, 0.6) is 5.75 Å². The molecule has 0 bridgehead atoms. The molecule has 0 heterocycles. The molecule has 0 aliphatic heterocycles. The molecule has 9 heteroatoms. The second kappa shape index (κ2) is 12.6. The Bertz CT molecular complexity index is 1090. The number of benzene rings is 2. The minimum atomic E-state index is -1.70. The summed E-state index contributed by atoms with van der Waals surface area (Å²) in [4.78, 5) is 25.7.